The van der Waals surface area contributed by atoms with Crippen LogP contribution in [0.2, 0.25) is 0 Å². The highest BCUT2D eigenvalue weighted by atomic mass is 16.5. The van der Waals surface area contributed by atoms with Gasteiger partial charge in [0.05, 0.1) is 61.0 Å². The van der Waals surface area contributed by atoms with Gasteiger partial charge in [0.25, 0.3) is 0 Å². The van der Waals surface area contributed by atoms with E-state index in [2.05, 4.69) is 79.9 Å². The first-order valence-corrected chi connectivity index (χ1v) is 19.6. The summed E-state index contributed by atoms with van der Waals surface area (Å²) in [5, 5.41) is 29.1. The number of nitrogens with one attached hydrogen (secondary N) is 2. The molecule has 7 unspecified atom stereocenters. The number of aliphatic hydroxyl groups is 2. The lowest BCUT2D eigenvalue weighted by atomic mass is 9.80. The number of aliphatic hydroxyl groups excluding tert-OH is 2. The molecular formula is C39H80N2O7. The molecular weight excluding hydrogens is 608 g/mol. The van der Waals surface area contributed by atoms with Gasteiger partial charge >= 0.3 is 0 Å². The highest BCUT2D eigenvalue weighted by molar-refractivity contribution is 4.94. The van der Waals surface area contributed by atoms with Crippen LogP contribution in [-0.2, 0) is 23.7 Å². The van der Waals surface area contributed by atoms with Crippen LogP contribution in [0.1, 0.15) is 146 Å². The van der Waals surface area contributed by atoms with E-state index < -0.39 is 12.2 Å². The number of rotatable bonds is 29. The van der Waals surface area contributed by atoms with Gasteiger partial charge in [-0.3, -0.25) is 0 Å². The van der Waals surface area contributed by atoms with Crippen LogP contribution in [0.3, 0.4) is 0 Å². The quantitative estimate of drug-likeness (QED) is 0.0675. The van der Waals surface area contributed by atoms with Crippen molar-refractivity contribution in [3.63, 3.8) is 0 Å². The summed E-state index contributed by atoms with van der Waals surface area (Å²) in [6.07, 6.45) is 10.2. The molecule has 9 nitrogen and oxygen atoms in total. The summed E-state index contributed by atoms with van der Waals surface area (Å²) in [6.45, 7) is 24.1. The smallest absolute Gasteiger partial charge is 0.0898 e. The number of hydrogen-bond acceptors (Lipinski definition) is 9. The Morgan fingerprint density at radius 2 is 1.31 bits per heavy atom. The predicted molar refractivity (Wildman–Crippen MR) is 198 cm³/mol. The standard InChI is InChI=1S/C39H80N2O7/c1-13-36(14-2,22-31(9)40-25-33(42)28-48-38(17-5)21-20-35(24-38)45-12)46-27-30(8)39(18-6,19-7)41-26-34(43)29-47-37(15-3,16-4)23-32(10)44-11/h30-35,40-43H,13-29H2,1-12H3. The number of β-amino-alcohol motifs (C(OH)–C–C–N with tert-alkyl or cyclic N) is 1. The molecule has 48 heavy (non-hydrogen) atoms. The fourth-order valence-corrected chi connectivity index (χ4v) is 7.79. The molecule has 0 spiro atoms. The molecule has 1 rings (SSSR count). The third-order valence-electron chi connectivity index (χ3n) is 12.2. The Kier molecular flexibility index (Phi) is 21.4. The Balaban J connectivity index is 2.70. The second-order valence-electron chi connectivity index (χ2n) is 15.1. The van der Waals surface area contributed by atoms with Crippen molar-refractivity contribution in [1.29, 1.82) is 0 Å². The molecule has 1 aliphatic rings. The Morgan fingerprint density at radius 1 is 0.750 bits per heavy atom. The van der Waals surface area contributed by atoms with Gasteiger partial charge in [0.1, 0.15) is 0 Å². The van der Waals surface area contributed by atoms with Crippen LogP contribution in [0.15, 0.2) is 0 Å². The van der Waals surface area contributed by atoms with Crippen molar-refractivity contribution < 1.29 is 33.9 Å². The summed E-state index contributed by atoms with van der Waals surface area (Å²) in [6, 6.07) is 0.181. The molecule has 1 aliphatic carbocycles. The number of hydrogen-bond donors (Lipinski definition) is 4. The minimum absolute atomic E-state index is 0.108. The molecule has 9 heteroatoms. The van der Waals surface area contributed by atoms with Gasteiger partial charge in [-0.15, -0.1) is 0 Å². The molecule has 0 aliphatic heterocycles. The summed E-state index contributed by atoms with van der Waals surface area (Å²) < 4.78 is 30.6. The van der Waals surface area contributed by atoms with Crippen LogP contribution in [-0.4, -0.2) is 110 Å². The molecule has 288 valence electrons. The van der Waals surface area contributed by atoms with Gasteiger partial charge in [-0.2, -0.15) is 0 Å². The largest absolute Gasteiger partial charge is 0.389 e. The van der Waals surface area contributed by atoms with Gasteiger partial charge in [-0.25, -0.2) is 0 Å². The van der Waals surface area contributed by atoms with Crippen LogP contribution < -0.4 is 10.6 Å². The van der Waals surface area contributed by atoms with E-state index in [1.807, 2.05) is 0 Å². The number of methoxy groups -OCH3 is 2. The van der Waals surface area contributed by atoms with E-state index in [0.29, 0.717) is 32.9 Å². The maximum Gasteiger partial charge on any atom is 0.0898 e. The highest BCUT2D eigenvalue weighted by Crippen LogP contribution is 2.38. The summed E-state index contributed by atoms with van der Waals surface area (Å²) in [4.78, 5) is 0. The molecule has 7 atom stereocenters. The van der Waals surface area contributed by atoms with Crippen LogP contribution in [0.25, 0.3) is 0 Å². The molecule has 0 aromatic carbocycles. The van der Waals surface area contributed by atoms with E-state index in [-0.39, 0.29) is 46.5 Å². The monoisotopic (exact) mass is 689 g/mol. The van der Waals surface area contributed by atoms with Crippen molar-refractivity contribution in [3.05, 3.63) is 0 Å². The van der Waals surface area contributed by atoms with E-state index in [1.54, 1.807) is 14.2 Å². The van der Waals surface area contributed by atoms with Gasteiger partial charge in [-0.1, -0.05) is 55.4 Å². The normalized spacial score (nSPS) is 22.5. The van der Waals surface area contributed by atoms with Crippen molar-refractivity contribution in [2.75, 3.05) is 47.1 Å². The zero-order chi connectivity index (χ0) is 36.4. The maximum absolute atomic E-state index is 11.0. The SMILES string of the molecule is CCC(CC)(CC(C)NCC(O)COC1(CC)CCC(OC)C1)OCC(C)C(CC)(CC)NCC(O)COC(CC)(CC)CC(C)OC. The Bertz CT molecular complexity index is 820. The predicted octanol–water partition coefficient (Wildman–Crippen LogP) is 6.80. The van der Waals surface area contributed by atoms with Gasteiger partial charge < -0.3 is 44.5 Å². The second-order valence-corrected chi connectivity index (χ2v) is 15.1. The summed E-state index contributed by atoms with van der Waals surface area (Å²) >= 11 is 0. The first-order chi connectivity index (χ1) is 22.7. The summed E-state index contributed by atoms with van der Waals surface area (Å²) in [5.41, 5.74) is -0.870. The molecule has 0 amide bonds. The molecule has 0 aromatic heterocycles. The van der Waals surface area contributed by atoms with E-state index in [9.17, 15) is 10.2 Å². The van der Waals surface area contributed by atoms with E-state index >= 15 is 0 Å². The van der Waals surface area contributed by atoms with Crippen LogP contribution in [0, 0.1) is 5.92 Å². The van der Waals surface area contributed by atoms with Crippen molar-refractivity contribution in [3.8, 4) is 0 Å². The highest BCUT2D eigenvalue weighted by Gasteiger charge is 2.40. The molecule has 0 saturated heterocycles. The van der Waals surface area contributed by atoms with E-state index in [4.69, 9.17) is 23.7 Å². The minimum Gasteiger partial charge on any atom is -0.389 e. The van der Waals surface area contributed by atoms with Gasteiger partial charge in [0, 0.05) is 51.7 Å². The minimum atomic E-state index is -0.600. The first kappa shape index (κ1) is 45.7. The van der Waals surface area contributed by atoms with Crippen molar-refractivity contribution in [2.24, 2.45) is 5.92 Å². The van der Waals surface area contributed by atoms with E-state index in [0.717, 1.165) is 77.0 Å². The topological polar surface area (TPSA) is 111 Å². The summed E-state index contributed by atoms with van der Waals surface area (Å²) in [5.74, 6) is 0.243. The molecule has 4 N–H and O–H groups in total. The average molecular weight is 689 g/mol. The Hall–Kier alpha value is -0.360. The van der Waals surface area contributed by atoms with Crippen LogP contribution >= 0.6 is 0 Å². The Labute approximate surface area is 296 Å². The maximum atomic E-state index is 11.0. The fraction of sp³-hybridized carbons (Fsp3) is 1.00. The molecule has 0 heterocycles. The molecule has 1 fully saturated rings. The first-order valence-electron chi connectivity index (χ1n) is 19.6. The van der Waals surface area contributed by atoms with Crippen molar-refractivity contribution in [2.45, 2.75) is 199 Å². The van der Waals surface area contributed by atoms with Gasteiger partial charge in [0.15, 0.2) is 0 Å². The Morgan fingerprint density at radius 3 is 1.81 bits per heavy atom. The van der Waals surface area contributed by atoms with E-state index in [1.165, 1.54) is 0 Å². The molecule has 1 saturated carbocycles. The average Bonchev–Trinajstić information content (AvgIpc) is 3.54. The molecule has 0 radical (unpaired) electrons. The van der Waals surface area contributed by atoms with Crippen LogP contribution in [0.5, 0.6) is 0 Å². The van der Waals surface area contributed by atoms with Crippen LogP contribution in [0.4, 0.5) is 0 Å². The van der Waals surface area contributed by atoms with Gasteiger partial charge in [0.2, 0.25) is 0 Å². The number of ether oxygens (including phenoxy) is 5. The lowest BCUT2D eigenvalue weighted by Gasteiger charge is -2.42. The zero-order valence-corrected chi connectivity index (χ0v) is 33.4. The van der Waals surface area contributed by atoms with Crippen molar-refractivity contribution >= 4 is 0 Å². The summed E-state index contributed by atoms with van der Waals surface area (Å²) in [7, 11) is 3.51. The fourth-order valence-electron chi connectivity index (χ4n) is 7.79. The third-order valence-corrected chi connectivity index (χ3v) is 12.2. The zero-order valence-electron chi connectivity index (χ0n) is 33.4. The lowest BCUT2D eigenvalue weighted by molar-refractivity contribution is -0.109. The van der Waals surface area contributed by atoms with Crippen molar-refractivity contribution in [1.82, 2.24) is 10.6 Å². The van der Waals surface area contributed by atoms with Gasteiger partial charge in [-0.05, 0) is 84.0 Å². The second kappa shape index (κ2) is 22.5. The molecule has 0 aromatic rings. The molecule has 0 bridgehead atoms. The third kappa shape index (κ3) is 14.0. The lowest BCUT2D eigenvalue weighted by Crippen LogP contribution is -2.54.